The predicted molar refractivity (Wildman–Crippen MR) is 58.3 cm³/mol. The van der Waals surface area contributed by atoms with Gasteiger partial charge < -0.3 is 0 Å². The van der Waals surface area contributed by atoms with Gasteiger partial charge in [-0.2, -0.15) is 13.2 Å². The minimum Gasteiger partial charge on any atom is -0.299 e. The van der Waals surface area contributed by atoms with Crippen molar-refractivity contribution < 1.29 is 13.2 Å². The number of benzene rings is 1. The quantitative estimate of drug-likeness (QED) is 0.768. The molecule has 0 aromatic heterocycles. The van der Waals surface area contributed by atoms with Crippen LogP contribution in [0.5, 0.6) is 0 Å². The zero-order chi connectivity index (χ0) is 12.0. The molecule has 17 heavy (non-hydrogen) atoms. The molecular formula is C13H14F3N. The predicted octanol–water partition coefficient (Wildman–Crippen LogP) is 3.16. The van der Waals surface area contributed by atoms with Gasteiger partial charge in [0.15, 0.2) is 0 Å². The first-order valence-electron chi connectivity index (χ1n) is 5.91. The van der Waals surface area contributed by atoms with Gasteiger partial charge in [-0.1, -0.05) is 12.1 Å². The first-order valence-corrected chi connectivity index (χ1v) is 5.91. The molecule has 1 nitrogen and oxygen atoms in total. The number of piperidine rings is 1. The van der Waals surface area contributed by atoms with Crippen molar-refractivity contribution in [2.75, 3.05) is 13.1 Å². The maximum absolute atomic E-state index is 12.4. The van der Waals surface area contributed by atoms with Crippen LogP contribution in [0.4, 0.5) is 13.2 Å². The molecule has 92 valence electrons. The summed E-state index contributed by atoms with van der Waals surface area (Å²) in [6, 6.07) is 5.53. The molecule has 3 rings (SSSR count). The lowest BCUT2D eigenvalue weighted by molar-refractivity contribution is -0.137. The van der Waals surface area contributed by atoms with E-state index in [0.717, 1.165) is 37.0 Å². The number of hydrogen-bond acceptors (Lipinski definition) is 1. The van der Waals surface area contributed by atoms with Gasteiger partial charge >= 0.3 is 6.18 Å². The Bertz CT molecular complexity index is 400. The Morgan fingerprint density at radius 2 is 1.65 bits per heavy atom. The molecule has 4 heteroatoms. The third-order valence-electron chi connectivity index (χ3n) is 3.74. The van der Waals surface area contributed by atoms with E-state index >= 15 is 0 Å². The maximum atomic E-state index is 12.4. The molecule has 1 aromatic rings. The van der Waals surface area contributed by atoms with E-state index < -0.39 is 11.7 Å². The molecule has 2 aliphatic rings. The normalized spacial score (nSPS) is 28.2. The Morgan fingerprint density at radius 3 is 2.18 bits per heavy atom. The highest BCUT2D eigenvalue weighted by atomic mass is 19.4. The summed E-state index contributed by atoms with van der Waals surface area (Å²) in [5.41, 5.74) is 0.407. The van der Waals surface area contributed by atoms with Crippen LogP contribution in [0.15, 0.2) is 24.3 Å². The van der Waals surface area contributed by atoms with Gasteiger partial charge in [-0.3, -0.25) is 4.90 Å². The van der Waals surface area contributed by atoms with Gasteiger partial charge in [0, 0.05) is 19.6 Å². The Morgan fingerprint density at radius 1 is 1.06 bits per heavy atom. The molecule has 1 aliphatic heterocycles. The van der Waals surface area contributed by atoms with Crippen molar-refractivity contribution in [2.45, 2.75) is 19.1 Å². The summed E-state index contributed by atoms with van der Waals surface area (Å²) in [4.78, 5) is 2.33. The second kappa shape index (κ2) is 3.73. The van der Waals surface area contributed by atoms with Crippen molar-refractivity contribution in [3.8, 4) is 0 Å². The minimum atomic E-state index is -4.23. The smallest absolute Gasteiger partial charge is 0.299 e. The molecule has 1 saturated heterocycles. The number of alkyl halides is 3. The standard InChI is InChI=1S/C13H14F3N/c14-13(15,16)12-3-1-9(2-4-12)6-17-7-10-5-11(10)8-17/h1-4,10-11H,5-8H2. The molecule has 0 bridgehead atoms. The molecule has 0 amide bonds. The lowest BCUT2D eigenvalue weighted by Crippen LogP contribution is -2.22. The molecule has 0 N–H and O–H groups in total. The van der Waals surface area contributed by atoms with Crippen LogP contribution in [0.25, 0.3) is 0 Å². The lowest BCUT2D eigenvalue weighted by atomic mass is 10.1. The van der Waals surface area contributed by atoms with Crippen LogP contribution in [0.2, 0.25) is 0 Å². The van der Waals surface area contributed by atoms with E-state index in [1.807, 2.05) is 0 Å². The molecular weight excluding hydrogens is 227 g/mol. The van der Waals surface area contributed by atoms with E-state index in [9.17, 15) is 13.2 Å². The molecule has 1 heterocycles. The number of rotatable bonds is 2. The Hall–Kier alpha value is -1.03. The Labute approximate surface area is 98.2 Å². The highest BCUT2D eigenvalue weighted by Crippen LogP contribution is 2.45. The lowest BCUT2D eigenvalue weighted by Gasteiger charge is -2.17. The number of halogens is 3. The fraction of sp³-hybridized carbons (Fsp3) is 0.538. The van der Waals surface area contributed by atoms with E-state index in [0.29, 0.717) is 0 Å². The topological polar surface area (TPSA) is 3.24 Å². The van der Waals surface area contributed by atoms with Crippen molar-refractivity contribution in [3.05, 3.63) is 35.4 Å². The van der Waals surface area contributed by atoms with Crippen LogP contribution in [0, 0.1) is 11.8 Å². The largest absolute Gasteiger partial charge is 0.416 e. The first-order chi connectivity index (χ1) is 8.02. The van der Waals surface area contributed by atoms with Gasteiger partial charge in [-0.15, -0.1) is 0 Å². The third-order valence-corrected chi connectivity index (χ3v) is 3.74. The second-order valence-corrected chi connectivity index (χ2v) is 5.14. The van der Waals surface area contributed by atoms with Crippen molar-refractivity contribution in [1.29, 1.82) is 0 Å². The van der Waals surface area contributed by atoms with Crippen LogP contribution in [0.1, 0.15) is 17.5 Å². The summed E-state index contributed by atoms with van der Waals surface area (Å²) < 4.78 is 37.1. The van der Waals surface area contributed by atoms with Crippen LogP contribution in [-0.4, -0.2) is 18.0 Å². The molecule has 1 aromatic carbocycles. The van der Waals surface area contributed by atoms with Crippen LogP contribution < -0.4 is 0 Å². The van der Waals surface area contributed by atoms with Gasteiger partial charge in [0.05, 0.1) is 5.56 Å². The highest BCUT2D eigenvalue weighted by molar-refractivity contribution is 5.24. The molecule has 2 unspecified atom stereocenters. The summed E-state index contributed by atoms with van der Waals surface area (Å²) in [5.74, 6) is 1.73. The zero-order valence-electron chi connectivity index (χ0n) is 9.37. The average Bonchev–Trinajstić information content (AvgIpc) is 2.86. The summed E-state index contributed by atoms with van der Waals surface area (Å²) in [6.07, 6.45) is -2.88. The number of hydrogen-bond donors (Lipinski definition) is 0. The highest BCUT2D eigenvalue weighted by Gasteiger charge is 2.44. The minimum absolute atomic E-state index is 0.564. The SMILES string of the molecule is FC(F)(F)c1ccc(CN2CC3CC3C2)cc1. The van der Waals surface area contributed by atoms with E-state index in [1.54, 1.807) is 12.1 Å². The van der Waals surface area contributed by atoms with E-state index in [-0.39, 0.29) is 0 Å². The molecule has 1 aliphatic carbocycles. The van der Waals surface area contributed by atoms with E-state index in [4.69, 9.17) is 0 Å². The van der Waals surface area contributed by atoms with E-state index in [2.05, 4.69) is 4.90 Å². The zero-order valence-corrected chi connectivity index (χ0v) is 9.37. The number of likely N-dealkylation sites (tertiary alicyclic amines) is 1. The molecule has 2 atom stereocenters. The molecule has 1 saturated carbocycles. The van der Waals surface area contributed by atoms with Crippen molar-refractivity contribution in [1.82, 2.24) is 4.90 Å². The summed E-state index contributed by atoms with van der Waals surface area (Å²) in [5, 5.41) is 0. The Kier molecular flexibility index (Phi) is 2.43. The Balaban J connectivity index is 1.64. The summed E-state index contributed by atoms with van der Waals surface area (Å²) >= 11 is 0. The van der Waals surface area contributed by atoms with Crippen LogP contribution in [-0.2, 0) is 12.7 Å². The number of fused-ring (bicyclic) bond motifs is 1. The van der Waals surface area contributed by atoms with Crippen molar-refractivity contribution in [2.24, 2.45) is 11.8 Å². The van der Waals surface area contributed by atoms with Crippen molar-refractivity contribution in [3.63, 3.8) is 0 Å². The van der Waals surface area contributed by atoms with Gasteiger partial charge in [0.2, 0.25) is 0 Å². The first kappa shape index (κ1) is 11.1. The average molecular weight is 241 g/mol. The fourth-order valence-corrected chi connectivity index (χ4v) is 2.68. The molecule has 0 spiro atoms. The van der Waals surface area contributed by atoms with Gasteiger partial charge in [0.1, 0.15) is 0 Å². The van der Waals surface area contributed by atoms with Crippen LogP contribution in [0.3, 0.4) is 0 Å². The fourth-order valence-electron chi connectivity index (χ4n) is 2.68. The van der Waals surface area contributed by atoms with Gasteiger partial charge in [0.25, 0.3) is 0 Å². The third kappa shape index (κ3) is 2.32. The second-order valence-electron chi connectivity index (χ2n) is 5.14. The molecule has 2 fully saturated rings. The van der Waals surface area contributed by atoms with E-state index in [1.165, 1.54) is 18.6 Å². The summed E-state index contributed by atoms with van der Waals surface area (Å²) in [7, 11) is 0. The monoisotopic (exact) mass is 241 g/mol. The summed E-state index contributed by atoms with van der Waals surface area (Å²) in [6.45, 7) is 3.02. The maximum Gasteiger partial charge on any atom is 0.416 e. The van der Waals surface area contributed by atoms with Crippen LogP contribution >= 0.6 is 0 Å². The van der Waals surface area contributed by atoms with Gasteiger partial charge in [-0.25, -0.2) is 0 Å². The molecule has 0 radical (unpaired) electrons. The van der Waals surface area contributed by atoms with Crippen molar-refractivity contribution >= 4 is 0 Å². The number of nitrogens with zero attached hydrogens (tertiary/aromatic N) is 1. The van der Waals surface area contributed by atoms with Gasteiger partial charge in [-0.05, 0) is 36.0 Å².